The number of aryl methyl sites for hydroxylation is 1. The summed E-state index contributed by atoms with van der Waals surface area (Å²) < 4.78 is 30.0. The maximum Gasteiger partial charge on any atom is 0.166 e. The van der Waals surface area contributed by atoms with Gasteiger partial charge in [0.2, 0.25) is 0 Å². The van der Waals surface area contributed by atoms with Crippen LogP contribution in [0.5, 0.6) is 0 Å². The molecule has 0 saturated heterocycles. The summed E-state index contributed by atoms with van der Waals surface area (Å²) in [6.07, 6.45) is 16.2. The van der Waals surface area contributed by atoms with E-state index in [9.17, 15) is 4.39 Å². The number of allylic oxidation sites excluding steroid dienone is 1. The summed E-state index contributed by atoms with van der Waals surface area (Å²) in [5.74, 6) is 1.42. The molecule has 2 aromatic rings. The molecule has 4 rings (SSSR count). The van der Waals surface area contributed by atoms with Gasteiger partial charge in [0.25, 0.3) is 0 Å². The summed E-state index contributed by atoms with van der Waals surface area (Å²) in [5, 5.41) is 1.28. The van der Waals surface area contributed by atoms with Gasteiger partial charge in [-0.25, -0.2) is 8.78 Å². The van der Waals surface area contributed by atoms with Crippen LogP contribution in [0.25, 0.3) is 10.8 Å². The predicted molar refractivity (Wildman–Crippen MR) is 127 cm³/mol. The number of halogens is 2. The summed E-state index contributed by atoms with van der Waals surface area (Å²) in [5.41, 5.74) is 1.69. The van der Waals surface area contributed by atoms with Gasteiger partial charge in [-0.15, -0.1) is 6.58 Å². The van der Waals surface area contributed by atoms with Crippen molar-refractivity contribution < 1.29 is 8.78 Å². The largest absolute Gasteiger partial charge is 0.203 e. The second-order valence-corrected chi connectivity index (χ2v) is 10.2. The lowest BCUT2D eigenvalue weighted by molar-refractivity contribution is 0.156. The number of rotatable bonds is 7. The molecule has 0 bridgehead atoms. The average Bonchev–Trinajstić information content (AvgIpc) is 2.81. The highest BCUT2D eigenvalue weighted by molar-refractivity contribution is 5.85. The van der Waals surface area contributed by atoms with Crippen LogP contribution in [0.15, 0.2) is 36.9 Å². The van der Waals surface area contributed by atoms with Gasteiger partial charge in [-0.2, -0.15) is 0 Å². The Bertz CT molecular complexity index is 883. The molecule has 168 valence electrons. The van der Waals surface area contributed by atoms with Gasteiger partial charge < -0.3 is 0 Å². The zero-order chi connectivity index (χ0) is 21.8. The molecule has 2 aliphatic rings. The molecule has 0 spiro atoms. The average molecular weight is 425 g/mol. The topological polar surface area (TPSA) is 0 Å². The molecule has 0 radical (unpaired) electrons. The highest BCUT2D eigenvalue weighted by atomic mass is 19.2. The maximum atomic E-state index is 15.0. The molecule has 2 heteroatoms. The van der Waals surface area contributed by atoms with Crippen molar-refractivity contribution >= 4 is 10.8 Å². The molecule has 0 amide bonds. The van der Waals surface area contributed by atoms with Crippen LogP contribution in [-0.2, 0) is 6.42 Å². The Kier molecular flexibility index (Phi) is 7.46. The quantitative estimate of drug-likeness (QED) is 0.389. The Morgan fingerprint density at radius 2 is 1.58 bits per heavy atom. The van der Waals surface area contributed by atoms with Gasteiger partial charge in [0.1, 0.15) is 0 Å². The third-order valence-electron chi connectivity index (χ3n) is 8.20. The first kappa shape index (κ1) is 22.5. The molecule has 0 heterocycles. The smallest absolute Gasteiger partial charge is 0.166 e. The second kappa shape index (κ2) is 10.3. The van der Waals surface area contributed by atoms with E-state index in [1.807, 2.05) is 24.3 Å². The standard InChI is InChI=1S/C29H38F2/c1-3-5-7-20-8-11-22(12-9-20)23-14-16-24(17-15-23)27-19-25-13-10-21(6-4-2)18-26(25)28(30)29(27)31/h3,10,13,18-20,22-24H,1,4-9,11-12,14-17H2,2H3. The van der Waals surface area contributed by atoms with Crippen LogP contribution in [0.4, 0.5) is 8.78 Å². The normalized spacial score (nSPS) is 26.8. The SMILES string of the molecule is C=CCCC1CCC(C2CCC(c3cc4ccc(CCC)cc4c(F)c3F)CC2)CC1. The third-order valence-corrected chi connectivity index (χ3v) is 8.20. The van der Waals surface area contributed by atoms with Crippen LogP contribution in [0, 0.1) is 29.4 Å². The molecular weight excluding hydrogens is 386 g/mol. The van der Waals surface area contributed by atoms with Gasteiger partial charge in [-0.1, -0.05) is 44.4 Å². The molecule has 0 N–H and O–H groups in total. The summed E-state index contributed by atoms with van der Waals surface area (Å²) in [4.78, 5) is 0. The van der Waals surface area contributed by atoms with Crippen molar-refractivity contribution in [3.05, 3.63) is 59.7 Å². The molecule has 31 heavy (non-hydrogen) atoms. The van der Waals surface area contributed by atoms with E-state index in [2.05, 4.69) is 19.6 Å². The van der Waals surface area contributed by atoms with Gasteiger partial charge in [0.15, 0.2) is 11.6 Å². The Morgan fingerprint density at radius 3 is 2.23 bits per heavy atom. The van der Waals surface area contributed by atoms with E-state index in [0.29, 0.717) is 10.9 Å². The second-order valence-electron chi connectivity index (χ2n) is 10.2. The van der Waals surface area contributed by atoms with Crippen molar-refractivity contribution in [2.75, 3.05) is 0 Å². The number of hydrogen-bond donors (Lipinski definition) is 0. The van der Waals surface area contributed by atoms with E-state index < -0.39 is 11.6 Å². The lowest BCUT2D eigenvalue weighted by Crippen LogP contribution is -2.25. The Morgan fingerprint density at radius 1 is 0.903 bits per heavy atom. The fraction of sp³-hybridized carbons (Fsp3) is 0.586. The van der Waals surface area contributed by atoms with Crippen molar-refractivity contribution in [2.45, 2.75) is 89.9 Å². The molecule has 0 atom stereocenters. The minimum absolute atomic E-state index is 0.161. The van der Waals surface area contributed by atoms with Crippen molar-refractivity contribution in [1.82, 2.24) is 0 Å². The molecule has 0 aliphatic heterocycles. The molecule has 0 unspecified atom stereocenters. The minimum atomic E-state index is -0.648. The summed E-state index contributed by atoms with van der Waals surface area (Å²) in [7, 11) is 0. The van der Waals surface area contributed by atoms with E-state index >= 15 is 4.39 Å². The lowest BCUT2D eigenvalue weighted by atomic mass is 9.68. The fourth-order valence-electron chi connectivity index (χ4n) is 6.34. The molecule has 2 fully saturated rings. The molecular formula is C29H38F2. The Hall–Kier alpha value is -1.70. The Labute approximate surface area is 187 Å². The van der Waals surface area contributed by atoms with Crippen LogP contribution in [0.2, 0.25) is 0 Å². The summed E-state index contributed by atoms with van der Waals surface area (Å²) in [6.45, 7) is 5.96. The van der Waals surface area contributed by atoms with E-state index in [0.717, 1.165) is 60.8 Å². The summed E-state index contributed by atoms with van der Waals surface area (Å²) >= 11 is 0. The molecule has 2 aliphatic carbocycles. The first-order valence-electron chi connectivity index (χ1n) is 12.6. The molecule has 0 nitrogen and oxygen atoms in total. The zero-order valence-electron chi connectivity index (χ0n) is 19.1. The highest BCUT2D eigenvalue weighted by Gasteiger charge is 2.32. The Balaban J connectivity index is 1.40. The minimum Gasteiger partial charge on any atom is -0.203 e. The van der Waals surface area contributed by atoms with Gasteiger partial charge in [0.05, 0.1) is 0 Å². The maximum absolute atomic E-state index is 15.0. The van der Waals surface area contributed by atoms with Crippen molar-refractivity contribution in [3.8, 4) is 0 Å². The molecule has 2 aromatic carbocycles. The van der Waals surface area contributed by atoms with Crippen molar-refractivity contribution in [2.24, 2.45) is 17.8 Å². The first-order chi connectivity index (χ1) is 15.1. The van der Waals surface area contributed by atoms with E-state index in [4.69, 9.17) is 0 Å². The van der Waals surface area contributed by atoms with E-state index in [-0.39, 0.29) is 5.92 Å². The monoisotopic (exact) mass is 424 g/mol. The molecule has 0 aromatic heterocycles. The van der Waals surface area contributed by atoms with Crippen LogP contribution in [-0.4, -0.2) is 0 Å². The van der Waals surface area contributed by atoms with Crippen LogP contribution >= 0.6 is 0 Å². The van der Waals surface area contributed by atoms with Gasteiger partial charge >= 0.3 is 0 Å². The number of benzene rings is 2. The number of hydrogen-bond acceptors (Lipinski definition) is 0. The van der Waals surface area contributed by atoms with Crippen molar-refractivity contribution in [1.29, 1.82) is 0 Å². The third kappa shape index (κ3) is 5.04. The zero-order valence-corrected chi connectivity index (χ0v) is 19.1. The van der Waals surface area contributed by atoms with E-state index in [1.54, 1.807) is 0 Å². The van der Waals surface area contributed by atoms with Crippen LogP contribution < -0.4 is 0 Å². The van der Waals surface area contributed by atoms with Gasteiger partial charge in [-0.3, -0.25) is 0 Å². The van der Waals surface area contributed by atoms with E-state index in [1.165, 1.54) is 44.9 Å². The summed E-state index contributed by atoms with van der Waals surface area (Å²) in [6, 6.07) is 7.81. The first-order valence-corrected chi connectivity index (χ1v) is 12.6. The molecule has 2 saturated carbocycles. The fourth-order valence-corrected chi connectivity index (χ4v) is 6.34. The lowest BCUT2D eigenvalue weighted by Gasteiger charge is -2.38. The van der Waals surface area contributed by atoms with Crippen LogP contribution in [0.1, 0.15) is 94.6 Å². The number of fused-ring (bicyclic) bond motifs is 1. The van der Waals surface area contributed by atoms with Gasteiger partial charge in [-0.05, 0) is 110 Å². The van der Waals surface area contributed by atoms with Crippen molar-refractivity contribution in [3.63, 3.8) is 0 Å². The predicted octanol–water partition coefficient (Wildman–Crippen LogP) is 9.12. The highest BCUT2D eigenvalue weighted by Crippen LogP contribution is 2.45. The van der Waals surface area contributed by atoms with Crippen LogP contribution in [0.3, 0.4) is 0 Å². The van der Waals surface area contributed by atoms with Gasteiger partial charge in [0, 0.05) is 5.39 Å².